The van der Waals surface area contributed by atoms with Crippen molar-refractivity contribution in [3.05, 3.63) is 80.4 Å². The molecule has 0 radical (unpaired) electrons. The first-order chi connectivity index (χ1) is 16.4. The quantitative estimate of drug-likeness (QED) is 0.389. The van der Waals surface area contributed by atoms with Crippen molar-refractivity contribution >= 4 is 22.8 Å². The number of hydrogen-bond donors (Lipinski definition) is 1. The summed E-state index contributed by atoms with van der Waals surface area (Å²) >= 11 is 0. The van der Waals surface area contributed by atoms with Gasteiger partial charge in [-0.3, -0.25) is 23.7 Å². The van der Waals surface area contributed by atoms with Gasteiger partial charge in [0, 0.05) is 39.0 Å². The van der Waals surface area contributed by atoms with Crippen molar-refractivity contribution in [3.8, 4) is 0 Å². The molecule has 8 nitrogen and oxygen atoms in total. The third-order valence-corrected chi connectivity index (χ3v) is 6.26. The van der Waals surface area contributed by atoms with Gasteiger partial charge in [0.1, 0.15) is 0 Å². The van der Waals surface area contributed by atoms with E-state index in [2.05, 4.69) is 5.32 Å². The van der Waals surface area contributed by atoms with Gasteiger partial charge < -0.3 is 14.8 Å². The van der Waals surface area contributed by atoms with E-state index in [4.69, 9.17) is 0 Å². The van der Waals surface area contributed by atoms with Crippen molar-refractivity contribution in [1.82, 2.24) is 19.4 Å². The molecular formula is C26H30N4O4. The summed E-state index contributed by atoms with van der Waals surface area (Å²) in [6.07, 6.45) is 2.29. The fraction of sp³-hybridized carbons (Fsp3) is 0.385. The highest BCUT2D eigenvalue weighted by Crippen LogP contribution is 2.13. The number of hydrogen-bond acceptors (Lipinski definition) is 4. The van der Waals surface area contributed by atoms with Crippen LogP contribution in [0.25, 0.3) is 11.0 Å². The molecule has 0 spiro atoms. The lowest BCUT2D eigenvalue weighted by Gasteiger charge is -2.16. The number of aryl methyl sites for hydroxylation is 2. The zero-order valence-electron chi connectivity index (χ0n) is 19.5. The number of nitrogens with zero attached hydrogens (tertiary/aromatic N) is 3. The molecule has 1 aromatic heterocycles. The van der Waals surface area contributed by atoms with E-state index in [1.807, 2.05) is 54.3 Å². The first-order valence-corrected chi connectivity index (χ1v) is 11.8. The third kappa shape index (κ3) is 5.27. The van der Waals surface area contributed by atoms with Gasteiger partial charge in [0.2, 0.25) is 11.8 Å². The molecule has 34 heavy (non-hydrogen) atoms. The number of para-hydroxylation sites is 2. The molecule has 0 atom stereocenters. The van der Waals surface area contributed by atoms with E-state index < -0.39 is 11.1 Å². The first-order valence-electron chi connectivity index (χ1n) is 11.8. The maximum atomic E-state index is 13.0. The molecule has 2 aromatic carbocycles. The summed E-state index contributed by atoms with van der Waals surface area (Å²) < 4.78 is 2.89. The summed E-state index contributed by atoms with van der Waals surface area (Å²) in [7, 11) is 0. The molecule has 1 saturated heterocycles. The largest absolute Gasteiger partial charge is 0.356 e. The second kappa shape index (κ2) is 10.5. The molecule has 0 aliphatic carbocycles. The lowest BCUT2D eigenvalue weighted by Crippen LogP contribution is -2.42. The molecule has 178 valence electrons. The van der Waals surface area contributed by atoms with Gasteiger partial charge >= 0.3 is 11.1 Å². The Morgan fingerprint density at radius 3 is 2.26 bits per heavy atom. The summed E-state index contributed by atoms with van der Waals surface area (Å²) in [5.41, 5.74) is 2.10. The monoisotopic (exact) mass is 462 g/mol. The fourth-order valence-corrected chi connectivity index (χ4v) is 4.37. The van der Waals surface area contributed by atoms with Gasteiger partial charge in [0.15, 0.2) is 0 Å². The second-order valence-electron chi connectivity index (χ2n) is 8.76. The van der Waals surface area contributed by atoms with E-state index in [0.29, 0.717) is 43.5 Å². The SMILES string of the molecule is Cc1ccc(Cn2c(=O)c(=O)n(CCC(=O)NCCCN3CCCC3=O)c3ccccc32)cc1. The first kappa shape index (κ1) is 23.5. The molecule has 1 fully saturated rings. The predicted octanol–water partition coefficient (Wildman–Crippen LogP) is 2.04. The summed E-state index contributed by atoms with van der Waals surface area (Å²) in [5, 5.41) is 2.85. The maximum Gasteiger partial charge on any atom is 0.317 e. The Morgan fingerprint density at radius 1 is 0.912 bits per heavy atom. The Balaban J connectivity index is 1.44. The Labute approximate surface area is 197 Å². The summed E-state index contributed by atoms with van der Waals surface area (Å²) in [6, 6.07) is 15.1. The van der Waals surface area contributed by atoms with Crippen LogP contribution in [-0.4, -0.2) is 45.5 Å². The number of carbonyl (C=O) groups excluding carboxylic acids is 2. The van der Waals surface area contributed by atoms with E-state index >= 15 is 0 Å². The van der Waals surface area contributed by atoms with Crippen LogP contribution in [0.3, 0.4) is 0 Å². The van der Waals surface area contributed by atoms with Gasteiger partial charge in [0.05, 0.1) is 17.6 Å². The lowest BCUT2D eigenvalue weighted by molar-refractivity contribution is -0.127. The van der Waals surface area contributed by atoms with Crippen LogP contribution >= 0.6 is 0 Å². The maximum absolute atomic E-state index is 13.0. The van der Waals surface area contributed by atoms with Crippen molar-refractivity contribution in [2.75, 3.05) is 19.6 Å². The molecule has 8 heteroatoms. The van der Waals surface area contributed by atoms with E-state index in [9.17, 15) is 19.2 Å². The number of rotatable bonds is 9. The van der Waals surface area contributed by atoms with Crippen molar-refractivity contribution < 1.29 is 9.59 Å². The van der Waals surface area contributed by atoms with Crippen LogP contribution in [0, 0.1) is 6.92 Å². The molecule has 0 bridgehead atoms. The highest BCUT2D eigenvalue weighted by molar-refractivity contribution is 5.78. The Kier molecular flexibility index (Phi) is 7.25. The Morgan fingerprint density at radius 2 is 1.59 bits per heavy atom. The van der Waals surface area contributed by atoms with Gasteiger partial charge in [-0.1, -0.05) is 42.0 Å². The lowest BCUT2D eigenvalue weighted by atomic mass is 10.1. The molecule has 0 saturated carbocycles. The van der Waals surface area contributed by atoms with E-state index in [1.165, 1.54) is 9.13 Å². The zero-order valence-corrected chi connectivity index (χ0v) is 19.5. The topological polar surface area (TPSA) is 93.4 Å². The third-order valence-electron chi connectivity index (χ3n) is 6.26. The second-order valence-corrected chi connectivity index (χ2v) is 8.76. The van der Waals surface area contributed by atoms with Gasteiger partial charge in [0.25, 0.3) is 0 Å². The van der Waals surface area contributed by atoms with Crippen molar-refractivity contribution in [3.63, 3.8) is 0 Å². The van der Waals surface area contributed by atoms with Gasteiger partial charge in [-0.2, -0.15) is 0 Å². The summed E-state index contributed by atoms with van der Waals surface area (Å²) in [4.78, 5) is 51.8. The molecule has 1 aliphatic heterocycles. The van der Waals surface area contributed by atoms with Crippen LogP contribution in [0.2, 0.25) is 0 Å². The molecule has 2 amide bonds. The van der Waals surface area contributed by atoms with Crippen molar-refractivity contribution in [1.29, 1.82) is 0 Å². The molecule has 2 heterocycles. The fourth-order valence-electron chi connectivity index (χ4n) is 4.37. The minimum Gasteiger partial charge on any atom is -0.356 e. The number of aromatic nitrogens is 2. The van der Waals surface area contributed by atoms with Crippen LogP contribution in [0.5, 0.6) is 0 Å². The van der Waals surface area contributed by atoms with Gasteiger partial charge in [-0.15, -0.1) is 0 Å². The van der Waals surface area contributed by atoms with Crippen LogP contribution in [0.15, 0.2) is 58.1 Å². The standard InChI is InChI=1S/C26H30N4O4/c1-19-9-11-20(12-10-19)18-30-22-7-3-2-6-21(22)29(25(33)26(30)34)17-13-23(31)27-14-5-16-28-15-4-8-24(28)32/h2-3,6-7,9-12H,4-5,8,13-18H2,1H3,(H,27,31). The number of likely N-dealkylation sites (tertiary alicyclic amines) is 1. The molecule has 1 aliphatic rings. The van der Waals surface area contributed by atoms with Gasteiger partial charge in [-0.25, -0.2) is 0 Å². The van der Waals surface area contributed by atoms with Crippen LogP contribution in [0.4, 0.5) is 0 Å². The van der Waals surface area contributed by atoms with E-state index in [-0.39, 0.29) is 24.8 Å². The van der Waals surface area contributed by atoms with Crippen LogP contribution in [0.1, 0.15) is 36.8 Å². The van der Waals surface area contributed by atoms with Crippen molar-refractivity contribution in [2.24, 2.45) is 0 Å². The number of amides is 2. The van der Waals surface area contributed by atoms with Gasteiger partial charge in [-0.05, 0) is 37.5 Å². The normalized spacial score (nSPS) is 13.6. The van der Waals surface area contributed by atoms with Crippen LogP contribution in [-0.2, 0) is 22.7 Å². The predicted molar refractivity (Wildman–Crippen MR) is 131 cm³/mol. The molecule has 1 N–H and O–H groups in total. The minimum absolute atomic E-state index is 0.0912. The highest BCUT2D eigenvalue weighted by atomic mass is 16.2. The number of carbonyl (C=O) groups is 2. The minimum atomic E-state index is -0.633. The molecule has 4 rings (SSSR count). The number of nitrogens with one attached hydrogen (secondary N) is 1. The number of benzene rings is 2. The average Bonchev–Trinajstić information content (AvgIpc) is 3.25. The van der Waals surface area contributed by atoms with E-state index in [1.54, 1.807) is 6.07 Å². The molecular weight excluding hydrogens is 432 g/mol. The zero-order chi connectivity index (χ0) is 24.1. The summed E-state index contributed by atoms with van der Waals surface area (Å²) in [6.45, 7) is 4.32. The van der Waals surface area contributed by atoms with E-state index in [0.717, 1.165) is 24.1 Å². The molecule has 3 aromatic rings. The Bertz CT molecular complexity index is 1310. The number of fused-ring (bicyclic) bond motifs is 1. The van der Waals surface area contributed by atoms with Crippen molar-refractivity contribution in [2.45, 2.75) is 45.7 Å². The Hall–Kier alpha value is -3.68. The molecule has 0 unspecified atom stereocenters. The smallest absolute Gasteiger partial charge is 0.317 e. The van der Waals surface area contributed by atoms with Crippen LogP contribution < -0.4 is 16.4 Å². The summed E-state index contributed by atoms with van der Waals surface area (Å²) in [5.74, 6) is -0.0118. The average molecular weight is 463 g/mol. The highest BCUT2D eigenvalue weighted by Gasteiger charge is 2.19.